The normalized spacial score (nSPS) is 10.6. The van der Waals surface area contributed by atoms with Gasteiger partial charge in [-0.3, -0.25) is 15.1 Å². The summed E-state index contributed by atoms with van der Waals surface area (Å²) in [6.45, 7) is 0. The molecule has 1 N–H and O–H groups in total. The average Bonchev–Trinajstić information content (AvgIpc) is 3.00. The predicted octanol–water partition coefficient (Wildman–Crippen LogP) is 4.90. The highest BCUT2D eigenvalue weighted by Gasteiger charge is 2.16. The number of rotatable bonds is 3. The Balaban J connectivity index is 1.82. The van der Waals surface area contributed by atoms with Crippen LogP contribution in [-0.2, 0) is 0 Å². The van der Waals surface area contributed by atoms with Gasteiger partial charge in [0.25, 0.3) is 5.91 Å². The lowest BCUT2D eigenvalue weighted by Gasteiger charge is -2.05. The summed E-state index contributed by atoms with van der Waals surface area (Å²) in [6.07, 6.45) is 3.34. The van der Waals surface area contributed by atoms with Crippen molar-refractivity contribution in [3.05, 3.63) is 63.5 Å². The maximum absolute atomic E-state index is 13.5. The van der Waals surface area contributed by atoms with Crippen LogP contribution in [0.25, 0.3) is 11.3 Å². The van der Waals surface area contributed by atoms with Gasteiger partial charge in [-0.1, -0.05) is 23.2 Å². The molecule has 0 fully saturated rings. The van der Waals surface area contributed by atoms with Crippen LogP contribution in [0.2, 0.25) is 10.0 Å². The number of carbonyl (C=O) groups is 1. The van der Waals surface area contributed by atoms with E-state index < -0.39 is 11.7 Å². The first-order valence-electron chi connectivity index (χ1n) is 6.36. The van der Waals surface area contributed by atoms with E-state index in [1.165, 1.54) is 17.4 Å². The minimum Gasteiger partial charge on any atom is -0.298 e. The van der Waals surface area contributed by atoms with Gasteiger partial charge in [-0.15, -0.1) is 11.3 Å². The van der Waals surface area contributed by atoms with Gasteiger partial charge in [0, 0.05) is 23.3 Å². The number of amides is 1. The monoisotopic (exact) mass is 367 g/mol. The van der Waals surface area contributed by atoms with Crippen LogP contribution >= 0.6 is 34.5 Å². The third-order valence-corrected chi connectivity index (χ3v) is 4.30. The molecule has 3 aromatic rings. The third-order valence-electron chi connectivity index (χ3n) is 2.94. The molecule has 0 unspecified atom stereocenters. The minimum atomic E-state index is -0.712. The summed E-state index contributed by atoms with van der Waals surface area (Å²) in [7, 11) is 0. The Morgan fingerprint density at radius 1 is 1.26 bits per heavy atom. The second-order valence-corrected chi connectivity index (χ2v) is 6.15. The lowest BCUT2D eigenvalue weighted by molar-refractivity contribution is 0.102. The van der Waals surface area contributed by atoms with Crippen LogP contribution in [0.3, 0.4) is 0 Å². The van der Waals surface area contributed by atoms with Crippen LogP contribution < -0.4 is 5.32 Å². The molecule has 1 aromatic carbocycles. The second-order valence-electron chi connectivity index (χ2n) is 4.48. The summed E-state index contributed by atoms with van der Waals surface area (Å²) in [5.41, 5.74) is 1.51. The third kappa shape index (κ3) is 3.50. The summed E-state index contributed by atoms with van der Waals surface area (Å²) in [4.78, 5) is 20.5. The Hall–Kier alpha value is -2.02. The maximum atomic E-state index is 13.5. The molecule has 0 bridgehead atoms. The van der Waals surface area contributed by atoms with Crippen molar-refractivity contribution in [3.63, 3.8) is 0 Å². The summed E-state index contributed by atoms with van der Waals surface area (Å²) in [5, 5.41) is 4.68. The molecular formula is C15H8Cl2FN3OS. The number of pyridine rings is 1. The van der Waals surface area contributed by atoms with E-state index in [-0.39, 0.29) is 15.6 Å². The molecule has 0 saturated heterocycles. The molecule has 0 atom stereocenters. The van der Waals surface area contributed by atoms with E-state index in [0.717, 1.165) is 11.6 Å². The van der Waals surface area contributed by atoms with E-state index in [4.69, 9.17) is 23.2 Å². The largest absolute Gasteiger partial charge is 0.298 e. The number of anilines is 1. The second kappa shape index (κ2) is 6.62. The van der Waals surface area contributed by atoms with Crippen LogP contribution in [-0.4, -0.2) is 15.9 Å². The molecular weight excluding hydrogens is 360 g/mol. The zero-order valence-electron chi connectivity index (χ0n) is 11.4. The molecule has 4 nitrogen and oxygen atoms in total. The predicted molar refractivity (Wildman–Crippen MR) is 89.7 cm³/mol. The van der Waals surface area contributed by atoms with Gasteiger partial charge in [0.05, 0.1) is 21.3 Å². The molecule has 3 rings (SSSR count). The van der Waals surface area contributed by atoms with Crippen molar-refractivity contribution in [3.8, 4) is 11.3 Å². The molecule has 0 aliphatic carbocycles. The van der Waals surface area contributed by atoms with Crippen LogP contribution in [0.1, 0.15) is 10.4 Å². The van der Waals surface area contributed by atoms with Gasteiger partial charge in [0.15, 0.2) is 5.13 Å². The van der Waals surface area contributed by atoms with Crippen molar-refractivity contribution in [2.24, 2.45) is 0 Å². The van der Waals surface area contributed by atoms with E-state index >= 15 is 0 Å². The van der Waals surface area contributed by atoms with Gasteiger partial charge in [-0.25, -0.2) is 9.37 Å². The first kappa shape index (κ1) is 15.9. The first-order chi connectivity index (χ1) is 11.0. The molecule has 8 heteroatoms. The van der Waals surface area contributed by atoms with E-state index in [0.29, 0.717) is 10.8 Å². The number of hydrogen-bond acceptors (Lipinski definition) is 4. The van der Waals surface area contributed by atoms with Crippen LogP contribution in [0.5, 0.6) is 0 Å². The number of benzene rings is 1. The van der Waals surface area contributed by atoms with Crippen molar-refractivity contribution in [2.45, 2.75) is 0 Å². The Bertz CT molecular complexity index is 870. The van der Waals surface area contributed by atoms with Gasteiger partial charge in [0.2, 0.25) is 0 Å². The number of aromatic nitrogens is 2. The zero-order valence-corrected chi connectivity index (χ0v) is 13.7. The first-order valence-corrected chi connectivity index (χ1v) is 8.00. The number of nitrogens with zero attached hydrogens (tertiary/aromatic N) is 2. The smallest absolute Gasteiger partial charge is 0.259 e. The lowest BCUT2D eigenvalue weighted by Crippen LogP contribution is -2.12. The van der Waals surface area contributed by atoms with Gasteiger partial charge >= 0.3 is 0 Å². The van der Waals surface area contributed by atoms with E-state index in [2.05, 4.69) is 15.3 Å². The fourth-order valence-electron chi connectivity index (χ4n) is 1.84. The fraction of sp³-hybridized carbons (Fsp3) is 0. The SMILES string of the molecule is O=C(Nc1nc(-c2cccnc2)cs1)c1cc(F)c(Cl)cc1Cl. The Morgan fingerprint density at radius 3 is 2.83 bits per heavy atom. The Morgan fingerprint density at radius 2 is 2.09 bits per heavy atom. The molecule has 0 spiro atoms. The van der Waals surface area contributed by atoms with Gasteiger partial charge in [-0.2, -0.15) is 0 Å². The van der Waals surface area contributed by atoms with E-state index in [9.17, 15) is 9.18 Å². The Labute approximate surface area is 144 Å². The molecule has 0 aliphatic heterocycles. The molecule has 23 heavy (non-hydrogen) atoms. The summed E-state index contributed by atoms with van der Waals surface area (Å²) < 4.78 is 13.5. The highest BCUT2D eigenvalue weighted by atomic mass is 35.5. The number of nitrogens with one attached hydrogen (secondary N) is 1. The highest BCUT2D eigenvalue weighted by molar-refractivity contribution is 7.14. The summed E-state index contributed by atoms with van der Waals surface area (Å²) in [6, 6.07) is 5.84. The van der Waals surface area contributed by atoms with Gasteiger partial charge in [0.1, 0.15) is 5.82 Å². The summed E-state index contributed by atoms with van der Waals surface area (Å²) >= 11 is 12.8. The highest BCUT2D eigenvalue weighted by Crippen LogP contribution is 2.27. The number of halogens is 3. The average molecular weight is 368 g/mol. The van der Waals surface area contributed by atoms with Crippen molar-refractivity contribution in [1.82, 2.24) is 9.97 Å². The lowest BCUT2D eigenvalue weighted by atomic mass is 10.2. The fourth-order valence-corrected chi connectivity index (χ4v) is 3.02. The minimum absolute atomic E-state index is 0.00769. The molecule has 1 amide bonds. The van der Waals surface area contributed by atoms with Crippen LogP contribution in [0.15, 0.2) is 42.0 Å². The van der Waals surface area contributed by atoms with Crippen molar-refractivity contribution < 1.29 is 9.18 Å². The number of carbonyl (C=O) groups excluding carboxylic acids is 1. The Kier molecular flexibility index (Phi) is 4.56. The molecule has 0 saturated carbocycles. The van der Waals surface area contributed by atoms with Gasteiger partial charge < -0.3 is 0 Å². The summed E-state index contributed by atoms with van der Waals surface area (Å²) in [5.74, 6) is -1.27. The molecule has 0 radical (unpaired) electrons. The van der Waals surface area contributed by atoms with Crippen molar-refractivity contribution in [1.29, 1.82) is 0 Å². The van der Waals surface area contributed by atoms with E-state index in [1.807, 2.05) is 6.07 Å². The number of hydrogen-bond donors (Lipinski definition) is 1. The van der Waals surface area contributed by atoms with Crippen LogP contribution in [0, 0.1) is 5.82 Å². The molecule has 2 aromatic heterocycles. The van der Waals surface area contributed by atoms with Crippen LogP contribution in [0.4, 0.5) is 9.52 Å². The quantitative estimate of drug-likeness (QED) is 0.669. The maximum Gasteiger partial charge on any atom is 0.259 e. The van der Waals surface area contributed by atoms with E-state index in [1.54, 1.807) is 23.8 Å². The molecule has 0 aliphatic rings. The van der Waals surface area contributed by atoms with Crippen molar-refractivity contribution in [2.75, 3.05) is 5.32 Å². The molecule has 2 heterocycles. The number of thiazole rings is 1. The molecule has 116 valence electrons. The topological polar surface area (TPSA) is 54.9 Å². The standard InChI is InChI=1S/C15H8Cl2FN3OS/c16-10-5-11(17)12(18)4-9(10)14(22)21-15-20-13(7-23-15)8-2-1-3-19-6-8/h1-7H,(H,20,21,22). The zero-order chi connectivity index (χ0) is 16.4. The van der Waals surface area contributed by atoms with Gasteiger partial charge in [-0.05, 0) is 24.3 Å². The van der Waals surface area contributed by atoms with Crippen molar-refractivity contribution >= 4 is 45.6 Å².